The number of aryl methyl sites for hydroxylation is 1. The number of hydrogen-bond acceptors (Lipinski definition) is 4. The quantitative estimate of drug-likeness (QED) is 0.780. The zero-order chi connectivity index (χ0) is 17.9. The van der Waals surface area contributed by atoms with Gasteiger partial charge in [-0.25, -0.2) is 4.79 Å². The van der Waals surface area contributed by atoms with E-state index in [9.17, 15) is 4.79 Å². The molecule has 1 N–H and O–H groups in total. The number of carbonyl (C=O) groups is 1. The number of aromatic nitrogens is 2. The third kappa shape index (κ3) is 3.32. The summed E-state index contributed by atoms with van der Waals surface area (Å²) in [5.41, 5.74) is 4.11. The van der Waals surface area contributed by atoms with E-state index >= 15 is 0 Å². The number of nitrogens with one attached hydrogen (secondary N) is 1. The summed E-state index contributed by atoms with van der Waals surface area (Å²) < 4.78 is 11.9. The second kappa shape index (κ2) is 7.01. The molecular formula is C20H19N3O3. The number of ether oxygens (including phenoxy) is 2. The van der Waals surface area contributed by atoms with Crippen LogP contribution in [-0.4, -0.2) is 35.2 Å². The van der Waals surface area contributed by atoms with Gasteiger partial charge in [0.1, 0.15) is 5.82 Å². The Balaban J connectivity index is 1.55. The van der Waals surface area contributed by atoms with Crippen LogP contribution in [0.15, 0.2) is 60.8 Å². The van der Waals surface area contributed by atoms with Gasteiger partial charge in [-0.3, -0.25) is 10.00 Å². The molecule has 1 aromatic heterocycles. The molecular weight excluding hydrogens is 330 g/mol. The maximum absolute atomic E-state index is 12.1. The summed E-state index contributed by atoms with van der Waals surface area (Å²) in [6, 6.07) is 18.4. The van der Waals surface area contributed by atoms with Crippen LogP contribution in [0, 0.1) is 0 Å². The molecule has 0 spiro atoms. The molecule has 1 aliphatic rings. The first kappa shape index (κ1) is 16.4. The largest absolute Gasteiger partial charge is 0.441 e. The summed E-state index contributed by atoms with van der Waals surface area (Å²) in [7, 11) is 1.78. The van der Waals surface area contributed by atoms with Gasteiger partial charge in [0.25, 0.3) is 0 Å². The fraction of sp³-hybridized carbons (Fsp3) is 0.200. The predicted octanol–water partition coefficient (Wildman–Crippen LogP) is 3.70. The highest BCUT2D eigenvalue weighted by Gasteiger charge is 2.24. The monoisotopic (exact) mass is 349 g/mol. The number of carbonyl (C=O) groups excluding carboxylic acids is 1. The molecule has 1 amide bonds. The van der Waals surface area contributed by atoms with Gasteiger partial charge in [0.05, 0.1) is 19.4 Å². The summed E-state index contributed by atoms with van der Waals surface area (Å²) in [6.07, 6.45) is 1.07. The van der Waals surface area contributed by atoms with Crippen molar-refractivity contribution in [3.05, 3.63) is 60.8 Å². The number of hydrogen-bond donors (Lipinski definition) is 1. The highest BCUT2D eigenvalue weighted by Crippen LogP contribution is 2.30. The fourth-order valence-corrected chi connectivity index (χ4v) is 2.83. The van der Waals surface area contributed by atoms with E-state index in [0.29, 0.717) is 19.0 Å². The van der Waals surface area contributed by atoms with Crippen LogP contribution in [-0.2, 0) is 16.5 Å². The Morgan fingerprint density at radius 1 is 1.08 bits per heavy atom. The molecule has 2 aromatic carbocycles. The van der Waals surface area contributed by atoms with Crippen LogP contribution in [0.5, 0.6) is 0 Å². The van der Waals surface area contributed by atoms with E-state index in [1.54, 1.807) is 17.9 Å². The molecule has 1 aliphatic heterocycles. The van der Waals surface area contributed by atoms with Gasteiger partial charge in [0.15, 0.2) is 6.10 Å². The van der Waals surface area contributed by atoms with Gasteiger partial charge in [0, 0.05) is 12.6 Å². The lowest BCUT2D eigenvalue weighted by molar-refractivity contribution is -0.0951. The van der Waals surface area contributed by atoms with Crippen molar-refractivity contribution in [1.29, 1.82) is 0 Å². The summed E-state index contributed by atoms with van der Waals surface area (Å²) in [5, 5.41) is 7.05. The number of anilines is 1. The molecule has 0 radical (unpaired) electrons. The van der Waals surface area contributed by atoms with Gasteiger partial charge in [-0.1, -0.05) is 54.6 Å². The standard InChI is InChI=1S/C20H19N3O3/c1-23-19(22-20(24)26-17-12-25-13-17)18(11-21-23)16-9-7-15(8-10-16)14-5-3-2-4-6-14/h2-11,17H,12-13H2,1H3,(H,22,24). The zero-order valence-electron chi connectivity index (χ0n) is 14.4. The van der Waals surface area contributed by atoms with Crippen LogP contribution in [0.25, 0.3) is 22.3 Å². The van der Waals surface area contributed by atoms with Crippen molar-refractivity contribution in [1.82, 2.24) is 9.78 Å². The molecule has 6 heteroatoms. The summed E-state index contributed by atoms with van der Waals surface area (Å²) in [6.45, 7) is 0.902. The first-order chi connectivity index (χ1) is 12.7. The molecule has 0 atom stereocenters. The third-order valence-electron chi connectivity index (χ3n) is 4.34. The van der Waals surface area contributed by atoms with E-state index in [4.69, 9.17) is 9.47 Å². The molecule has 3 aromatic rings. The predicted molar refractivity (Wildman–Crippen MR) is 98.8 cm³/mol. The minimum Gasteiger partial charge on any atom is -0.441 e. The molecule has 132 valence electrons. The van der Waals surface area contributed by atoms with Crippen molar-refractivity contribution < 1.29 is 14.3 Å². The number of rotatable bonds is 4. The highest BCUT2D eigenvalue weighted by atomic mass is 16.6. The average molecular weight is 349 g/mol. The average Bonchev–Trinajstić information content (AvgIpc) is 3.00. The van der Waals surface area contributed by atoms with Crippen molar-refractivity contribution in [3.8, 4) is 22.3 Å². The first-order valence-corrected chi connectivity index (χ1v) is 8.44. The SMILES string of the molecule is Cn1ncc(-c2ccc(-c3ccccc3)cc2)c1NC(=O)OC1COC1. The van der Waals surface area contributed by atoms with Gasteiger partial charge in [-0.15, -0.1) is 0 Å². The fourth-order valence-electron chi connectivity index (χ4n) is 2.83. The second-order valence-corrected chi connectivity index (χ2v) is 6.16. The van der Waals surface area contributed by atoms with Gasteiger partial charge in [-0.05, 0) is 16.7 Å². The van der Waals surface area contributed by atoms with E-state index in [0.717, 1.165) is 22.3 Å². The Kier molecular flexibility index (Phi) is 4.41. The Hall–Kier alpha value is -3.12. The number of benzene rings is 2. The van der Waals surface area contributed by atoms with Gasteiger partial charge in [-0.2, -0.15) is 5.10 Å². The molecule has 4 rings (SSSR count). The maximum atomic E-state index is 12.1. The van der Waals surface area contributed by atoms with Crippen LogP contribution >= 0.6 is 0 Å². The van der Waals surface area contributed by atoms with Gasteiger partial charge >= 0.3 is 6.09 Å². The van der Waals surface area contributed by atoms with Crippen LogP contribution in [0.2, 0.25) is 0 Å². The van der Waals surface area contributed by atoms with E-state index in [1.165, 1.54) is 0 Å². The molecule has 0 saturated carbocycles. The third-order valence-corrected chi connectivity index (χ3v) is 4.34. The lowest BCUT2D eigenvalue weighted by Gasteiger charge is -2.25. The lowest BCUT2D eigenvalue weighted by atomic mass is 10.0. The highest BCUT2D eigenvalue weighted by molar-refractivity contribution is 5.90. The minimum atomic E-state index is -0.496. The molecule has 0 aliphatic carbocycles. The lowest BCUT2D eigenvalue weighted by Crippen LogP contribution is -2.39. The molecule has 0 bridgehead atoms. The molecule has 2 heterocycles. The summed E-state index contributed by atoms with van der Waals surface area (Å²) >= 11 is 0. The molecule has 1 saturated heterocycles. The molecule has 6 nitrogen and oxygen atoms in total. The van der Waals surface area contributed by atoms with Gasteiger partial charge in [0.2, 0.25) is 0 Å². The minimum absolute atomic E-state index is 0.170. The maximum Gasteiger partial charge on any atom is 0.413 e. The van der Waals surface area contributed by atoms with E-state index in [2.05, 4.69) is 34.7 Å². The Labute approximate surface area is 151 Å². The van der Waals surface area contributed by atoms with Crippen molar-refractivity contribution in [2.75, 3.05) is 18.5 Å². The first-order valence-electron chi connectivity index (χ1n) is 8.44. The second-order valence-electron chi connectivity index (χ2n) is 6.16. The summed E-state index contributed by atoms with van der Waals surface area (Å²) in [5.74, 6) is 0.600. The van der Waals surface area contributed by atoms with E-state index in [-0.39, 0.29) is 6.10 Å². The van der Waals surface area contributed by atoms with Crippen molar-refractivity contribution >= 4 is 11.9 Å². The smallest absolute Gasteiger partial charge is 0.413 e. The summed E-state index contributed by atoms with van der Waals surface area (Å²) in [4.78, 5) is 12.1. The number of amides is 1. The Morgan fingerprint density at radius 3 is 2.38 bits per heavy atom. The molecule has 0 unspecified atom stereocenters. The van der Waals surface area contributed by atoms with Crippen molar-refractivity contribution in [2.24, 2.45) is 7.05 Å². The number of nitrogens with zero attached hydrogens (tertiary/aromatic N) is 2. The van der Waals surface area contributed by atoms with Crippen LogP contribution in [0.1, 0.15) is 0 Å². The topological polar surface area (TPSA) is 65.4 Å². The normalized spacial score (nSPS) is 13.9. The van der Waals surface area contributed by atoms with Crippen molar-refractivity contribution in [2.45, 2.75) is 6.10 Å². The Bertz CT molecular complexity index is 900. The zero-order valence-corrected chi connectivity index (χ0v) is 14.4. The molecule has 26 heavy (non-hydrogen) atoms. The van der Waals surface area contributed by atoms with E-state index < -0.39 is 6.09 Å². The van der Waals surface area contributed by atoms with E-state index in [1.807, 2.05) is 30.3 Å². The van der Waals surface area contributed by atoms with Crippen LogP contribution in [0.3, 0.4) is 0 Å². The van der Waals surface area contributed by atoms with Crippen molar-refractivity contribution in [3.63, 3.8) is 0 Å². The Morgan fingerprint density at radius 2 is 1.73 bits per heavy atom. The van der Waals surface area contributed by atoms with Gasteiger partial charge < -0.3 is 9.47 Å². The van der Waals surface area contributed by atoms with Crippen LogP contribution in [0.4, 0.5) is 10.6 Å². The van der Waals surface area contributed by atoms with Crippen LogP contribution < -0.4 is 5.32 Å². The molecule has 1 fully saturated rings.